The van der Waals surface area contributed by atoms with Gasteiger partial charge in [0.25, 0.3) is 5.91 Å². The molecule has 5 nitrogen and oxygen atoms in total. The number of amides is 1. The Morgan fingerprint density at radius 2 is 1.91 bits per heavy atom. The fraction of sp³-hybridized carbons (Fsp3) is 0.125. The summed E-state index contributed by atoms with van der Waals surface area (Å²) in [6.45, 7) is 1.02. The normalized spacial score (nSPS) is 13.1. The molecule has 1 aliphatic heterocycles. The molecule has 0 aliphatic carbocycles. The highest BCUT2D eigenvalue weighted by Gasteiger charge is 2.14. The van der Waals surface area contributed by atoms with Gasteiger partial charge in [0, 0.05) is 16.1 Å². The van der Waals surface area contributed by atoms with Crippen molar-refractivity contribution >= 4 is 23.7 Å². The van der Waals surface area contributed by atoms with Crippen molar-refractivity contribution in [3.05, 3.63) is 58.6 Å². The molecule has 0 bridgehead atoms. The number of hydrogen-bond acceptors (Lipinski definition) is 4. The summed E-state index contributed by atoms with van der Waals surface area (Å²) in [5.41, 5.74) is 3.69. The zero-order valence-corrected chi connectivity index (χ0v) is 12.3. The highest BCUT2D eigenvalue weighted by atomic mass is 35.5. The minimum absolute atomic E-state index is 0.310. The van der Waals surface area contributed by atoms with Gasteiger partial charge in [0.05, 0.1) is 6.21 Å². The van der Waals surface area contributed by atoms with E-state index in [4.69, 9.17) is 21.1 Å². The van der Waals surface area contributed by atoms with Crippen molar-refractivity contribution in [2.24, 2.45) is 5.10 Å². The van der Waals surface area contributed by atoms with Gasteiger partial charge in [-0.3, -0.25) is 4.79 Å². The van der Waals surface area contributed by atoms with Gasteiger partial charge < -0.3 is 9.47 Å². The van der Waals surface area contributed by atoms with Crippen molar-refractivity contribution < 1.29 is 14.3 Å². The second-order valence-electron chi connectivity index (χ2n) is 4.58. The number of carbonyl (C=O) groups is 1. The van der Waals surface area contributed by atoms with Crippen LogP contribution in [0, 0.1) is 0 Å². The van der Waals surface area contributed by atoms with E-state index in [0.717, 1.165) is 5.56 Å². The van der Waals surface area contributed by atoms with E-state index in [9.17, 15) is 4.79 Å². The van der Waals surface area contributed by atoms with Crippen LogP contribution in [0.4, 0.5) is 0 Å². The lowest BCUT2D eigenvalue weighted by Crippen LogP contribution is -2.18. The van der Waals surface area contributed by atoms with Gasteiger partial charge in [-0.1, -0.05) is 17.7 Å². The maximum absolute atomic E-state index is 11.9. The first-order valence-electron chi connectivity index (χ1n) is 6.71. The first kappa shape index (κ1) is 14.4. The van der Waals surface area contributed by atoms with Crippen molar-refractivity contribution in [2.75, 3.05) is 13.2 Å². The summed E-state index contributed by atoms with van der Waals surface area (Å²) in [6.07, 6.45) is 1.53. The Bertz CT molecular complexity index is 714. The second-order valence-corrected chi connectivity index (χ2v) is 5.01. The molecule has 0 radical (unpaired) electrons. The van der Waals surface area contributed by atoms with E-state index in [1.54, 1.807) is 24.3 Å². The second kappa shape index (κ2) is 6.49. The Morgan fingerprint density at radius 3 is 2.73 bits per heavy atom. The van der Waals surface area contributed by atoms with Gasteiger partial charge >= 0.3 is 0 Å². The Kier molecular flexibility index (Phi) is 4.25. The van der Waals surface area contributed by atoms with Crippen LogP contribution in [0.15, 0.2) is 47.6 Å². The smallest absolute Gasteiger partial charge is 0.271 e. The maximum Gasteiger partial charge on any atom is 0.271 e. The minimum atomic E-state index is -0.310. The van der Waals surface area contributed by atoms with Crippen LogP contribution in [-0.4, -0.2) is 25.3 Å². The number of para-hydroxylation sites is 1. The van der Waals surface area contributed by atoms with E-state index in [-0.39, 0.29) is 5.91 Å². The molecule has 0 unspecified atom stereocenters. The topological polar surface area (TPSA) is 59.9 Å². The summed E-state index contributed by atoms with van der Waals surface area (Å²) in [6, 6.07) is 12.1. The largest absolute Gasteiger partial charge is 0.486 e. The van der Waals surface area contributed by atoms with Crippen molar-refractivity contribution in [1.29, 1.82) is 0 Å². The molecule has 1 heterocycles. The lowest BCUT2D eigenvalue weighted by molar-refractivity contribution is 0.0955. The number of hydrazone groups is 1. The van der Waals surface area contributed by atoms with Gasteiger partial charge in [-0.2, -0.15) is 5.10 Å². The van der Waals surface area contributed by atoms with Crippen LogP contribution in [0.5, 0.6) is 11.5 Å². The van der Waals surface area contributed by atoms with Crippen molar-refractivity contribution in [1.82, 2.24) is 5.43 Å². The SMILES string of the molecule is O=C(N/N=C\c1cccc2c1OCCO2)c1ccc(Cl)cc1. The minimum Gasteiger partial charge on any atom is -0.486 e. The Labute approximate surface area is 132 Å². The highest BCUT2D eigenvalue weighted by molar-refractivity contribution is 6.30. The van der Waals surface area contributed by atoms with E-state index in [2.05, 4.69) is 10.5 Å². The van der Waals surface area contributed by atoms with Crippen molar-refractivity contribution in [3.63, 3.8) is 0 Å². The average molecular weight is 317 g/mol. The lowest BCUT2D eigenvalue weighted by Gasteiger charge is -2.19. The monoisotopic (exact) mass is 316 g/mol. The molecular formula is C16H13ClN2O3. The van der Waals surface area contributed by atoms with Gasteiger partial charge in [0.1, 0.15) is 13.2 Å². The number of hydrogen-bond donors (Lipinski definition) is 1. The molecule has 0 spiro atoms. The molecule has 2 aromatic carbocycles. The summed E-state index contributed by atoms with van der Waals surface area (Å²) in [4.78, 5) is 11.9. The number of fused-ring (bicyclic) bond motifs is 1. The molecule has 2 aromatic rings. The number of carbonyl (C=O) groups excluding carboxylic acids is 1. The molecule has 0 atom stereocenters. The van der Waals surface area contributed by atoms with Gasteiger partial charge in [0.15, 0.2) is 11.5 Å². The third-order valence-electron chi connectivity index (χ3n) is 3.07. The molecule has 1 amide bonds. The molecule has 22 heavy (non-hydrogen) atoms. The number of nitrogens with zero attached hydrogens (tertiary/aromatic N) is 1. The molecule has 1 aliphatic rings. The summed E-state index contributed by atoms with van der Waals surface area (Å²) < 4.78 is 11.1. The lowest BCUT2D eigenvalue weighted by atomic mass is 10.2. The molecular weight excluding hydrogens is 304 g/mol. The molecule has 1 N–H and O–H groups in total. The van der Waals surface area contributed by atoms with Crippen LogP contribution in [0.2, 0.25) is 5.02 Å². The Hall–Kier alpha value is -2.53. The van der Waals surface area contributed by atoms with Crippen LogP contribution in [0.3, 0.4) is 0 Å². The molecule has 112 valence electrons. The van der Waals surface area contributed by atoms with Crippen LogP contribution in [0.1, 0.15) is 15.9 Å². The quantitative estimate of drug-likeness (QED) is 0.699. The van der Waals surface area contributed by atoms with Crippen LogP contribution in [0.25, 0.3) is 0 Å². The molecule has 0 fully saturated rings. The number of rotatable bonds is 3. The number of ether oxygens (including phenoxy) is 2. The fourth-order valence-electron chi connectivity index (χ4n) is 2.02. The van der Waals surface area contributed by atoms with E-state index in [0.29, 0.717) is 35.3 Å². The zero-order valence-electron chi connectivity index (χ0n) is 11.6. The number of benzene rings is 2. The summed E-state index contributed by atoms with van der Waals surface area (Å²) in [5, 5.41) is 4.53. The first-order valence-corrected chi connectivity index (χ1v) is 7.09. The van der Waals surface area contributed by atoms with Crippen molar-refractivity contribution in [2.45, 2.75) is 0 Å². The van der Waals surface area contributed by atoms with Crippen LogP contribution >= 0.6 is 11.6 Å². The van der Waals surface area contributed by atoms with Gasteiger partial charge in [0.2, 0.25) is 0 Å². The van der Waals surface area contributed by atoms with Gasteiger partial charge in [-0.25, -0.2) is 5.43 Å². The van der Waals surface area contributed by atoms with Crippen LogP contribution in [-0.2, 0) is 0 Å². The first-order chi connectivity index (χ1) is 10.7. The molecule has 6 heteroatoms. The summed E-state index contributed by atoms with van der Waals surface area (Å²) in [7, 11) is 0. The Balaban J connectivity index is 1.70. The van der Waals surface area contributed by atoms with E-state index in [1.807, 2.05) is 18.2 Å². The standard InChI is InChI=1S/C16H13ClN2O3/c17-13-6-4-11(5-7-13)16(20)19-18-10-12-2-1-3-14-15(12)22-9-8-21-14/h1-7,10H,8-9H2,(H,19,20)/b18-10-. The third kappa shape index (κ3) is 3.20. The fourth-order valence-corrected chi connectivity index (χ4v) is 2.15. The molecule has 3 rings (SSSR count). The molecule has 0 saturated heterocycles. The van der Waals surface area contributed by atoms with E-state index < -0.39 is 0 Å². The predicted octanol–water partition coefficient (Wildman–Crippen LogP) is 2.88. The number of halogens is 1. The van der Waals surface area contributed by atoms with Crippen molar-refractivity contribution in [3.8, 4) is 11.5 Å². The number of nitrogens with one attached hydrogen (secondary N) is 1. The maximum atomic E-state index is 11.9. The Morgan fingerprint density at radius 1 is 1.14 bits per heavy atom. The van der Waals surface area contributed by atoms with E-state index in [1.165, 1.54) is 6.21 Å². The average Bonchev–Trinajstić information content (AvgIpc) is 2.55. The van der Waals surface area contributed by atoms with Gasteiger partial charge in [-0.05, 0) is 36.4 Å². The summed E-state index contributed by atoms with van der Waals surface area (Å²) in [5.74, 6) is 1.01. The van der Waals surface area contributed by atoms with E-state index >= 15 is 0 Å². The van der Waals surface area contributed by atoms with Crippen LogP contribution < -0.4 is 14.9 Å². The molecule has 0 saturated carbocycles. The third-order valence-corrected chi connectivity index (χ3v) is 3.32. The van der Waals surface area contributed by atoms with Gasteiger partial charge in [-0.15, -0.1) is 0 Å². The molecule has 0 aromatic heterocycles. The zero-order chi connectivity index (χ0) is 15.4. The predicted molar refractivity (Wildman–Crippen MR) is 83.9 cm³/mol. The highest BCUT2D eigenvalue weighted by Crippen LogP contribution is 2.32. The summed E-state index contributed by atoms with van der Waals surface area (Å²) >= 11 is 5.78.